The summed E-state index contributed by atoms with van der Waals surface area (Å²) in [6.45, 7) is 5.57. The molecule has 0 atom stereocenters. The largest absolute Gasteiger partial charge is 0.463 e. The molecule has 0 N–H and O–H groups in total. The molecule has 0 heterocycles. The van der Waals surface area contributed by atoms with Crippen LogP contribution in [0.1, 0.15) is 26.3 Å². The van der Waals surface area contributed by atoms with Crippen molar-refractivity contribution in [2.75, 3.05) is 6.86 Å². The third-order valence-electron chi connectivity index (χ3n) is 1.92. The minimum absolute atomic E-state index is 0.0791. The lowest BCUT2D eigenvalue weighted by Gasteiger charge is -2.19. The van der Waals surface area contributed by atoms with Crippen LogP contribution in [0.5, 0.6) is 5.75 Å². The molecule has 0 spiro atoms. The van der Waals surface area contributed by atoms with Crippen molar-refractivity contribution in [2.45, 2.75) is 26.2 Å². The Labute approximate surface area is 78.5 Å². The lowest BCUT2D eigenvalue weighted by molar-refractivity contribution is 0.191. The van der Waals surface area contributed by atoms with Crippen molar-refractivity contribution in [3.05, 3.63) is 29.8 Å². The fourth-order valence-corrected chi connectivity index (χ4v) is 1.12. The Morgan fingerprint density at radius 1 is 1.31 bits per heavy atom. The van der Waals surface area contributed by atoms with E-state index >= 15 is 0 Å². The third kappa shape index (κ3) is 2.72. The molecule has 1 rings (SSSR count). The Hall–Kier alpha value is -1.05. The zero-order chi connectivity index (χ0) is 9.90. The van der Waals surface area contributed by atoms with E-state index in [1.807, 2.05) is 18.2 Å². The second-order valence-corrected chi connectivity index (χ2v) is 4.03. The van der Waals surface area contributed by atoms with Crippen LogP contribution in [0.4, 0.5) is 4.39 Å². The van der Waals surface area contributed by atoms with E-state index in [2.05, 4.69) is 20.8 Å². The summed E-state index contributed by atoms with van der Waals surface area (Å²) >= 11 is 0. The molecule has 0 saturated carbocycles. The maximum Gasteiger partial charge on any atom is 0.228 e. The summed E-state index contributed by atoms with van der Waals surface area (Å²) in [5.41, 5.74) is 1.23. The van der Waals surface area contributed by atoms with E-state index in [-0.39, 0.29) is 5.41 Å². The minimum Gasteiger partial charge on any atom is -0.463 e. The third-order valence-corrected chi connectivity index (χ3v) is 1.92. The van der Waals surface area contributed by atoms with Gasteiger partial charge in [0, 0.05) is 0 Å². The lowest BCUT2D eigenvalue weighted by Crippen LogP contribution is -2.10. The molecule has 0 unspecified atom stereocenters. The number of hydrogen-bond donors (Lipinski definition) is 0. The Balaban J connectivity index is 2.92. The first-order valence-electron chi connectivity index (χ1n) is 4.33. The van der Waals surface area contributed by atoms with Gasteiger partial charge in [0.2, 0.25) is 6.86 Å². The molecule has 0 aliphatic carbocycles. The SMILES string of the molecule is CC(C)(C)c1cccc(OCF)c1. The molecule has 0 bridgehead atoms. The summed E-state index contributed by atoms with van der Waals surface area (Å²) in [6.07, 6.45) is 0. The van der Waals surface area contributed by atoms with Crippen LogP contribution < -0.4 is 4.74 Å². The molecular formula is C11H15FO. The first-order chi connectivity index (χ1) is 6.04. The van der Waals surface area contributed by atoms with Crippen LogP contribution in [-0.4, -0.2) is 6.86 Å². The van der Waals surface area contributed by atoms with Crippen molar-refractivity contribution in [3.8, 4) is 5.75 Å². The fraction of sp³-hybridized carbons (Fsp3) is 0.455. The van der Waals surface area contributed by atoms with Crippen molar-refractivity contribution in [1.29, 1.82) is 0 Å². The fourth-order valence-electron chi connectivity index (χ4n) is 1.12. The molecule has 1 aromatic rings. The summed E-state index contributed by atoms with van der Waals surface area (Å²) in [5, 5.41) is 0. The molecule has 0 saturated heterocycles. The van der Waals surface area contributed by atoms with Gasteiger partial charge in [0.05, 0.1) is 0 Å². The molecule has 0 fully saturated rings. The normalized spacial score (nSPS) is 11.4. The molecule has 0 amide bonds. The Morgan fingerprint density at radius 2 is 2.00 bits per heavy atom. The van der Waals surface area contributed by atoms with E-state index in [1.165, 1.54) is 0 Å². The van der Waals surface area contributed by atoms with Crippen LogP contribution in [0.15, 0.2) is 24.3 Å². The van der Waals surface area contributed by atoms with Gasteiger partial charge in [-0.25, -0.2) is 4.39 Å². The topological polar surface area (TPSA) is 9.23 Å². The van der Waals surface area contributed by atoms with Crippen molar-refractivity contribution < 1.29 is 9.13 Å². The van der Waals surface area contributed by atoms with E-state index in [1.54, 1.807) is 6.07 Å². The number of ether oxygens (including phenoxy) is 1. The number of hydrogen-bond acceptors (Lipinski definition) is 1. The molecule has 72 valence electrons. The van der Waals surface area contributed by atoms with Gasteiger partial charge < -0.3 is 4.74 Å². The standard InChI is InChI=1S/C11H15FO/c1-11(2,3)9-5-4-6-10(7-9)13-8-12/h4-7H,8H2,1-3H3. The molecule has 0 aliphatic rings. The summed E-state index contributed by atoms with van der Waals surface area (Å²) in [7, 11) is 0. The summed E-state index contributed by atoms with van der Waals surface area (Å²) in [4.78, 5) is 0. The van der Waals surface area contributed by atoms with Crippen LogP contribution in [-0.2, 0) is 5.41 Å². The number of alkyl halides is 1. The molecular weight excluding hydrogens is 167 g/mol. The Morgan fingerprint density at radius 3 is 2.54 bits per heavy atom. The molecule has 1 nitrogen and oxygen atoms in total. The van der Waals surface area contributed by atoms with E-state index in [9.17, 15) is 4.39 Å². The van der Waals surface area contributed by atoms with Crippen LogP contribution in [0.3, 0.4) is 0 Å². The van der Waals surface area contributed by atoms with Crippen molar-refractivity contribution >= 4 is 0 Å². The molecule has 0 radical (unpaired) electrons. The van der Waals surface area contributed by atoms with Crippen molar-refractivity contribution in [2.24, 2.45) is 0 Å². The number of benzene rings is 1. The van der Waals surface area contributed by atoms with Gasteiger partial charge in [-0.05, 0) is 23.1 Å². The van der Waals surface area contributed by atoms with Gasteiger partial charge in [0.15, 0.2) is 0 Å². The molecule has 0 aromatic heterocycles. The van der Waals surface area contributed by atoms with Gasteiger partial charge in [0.25, 0.3) is 0 Å². The molecule has 2 heteroatoms. The highest BCUT2D eigenvalue weighted by molar-refractivity contribution is 5.32. The highest BCUT2D eigenvalue weighted by atomic mass is 19.1. The summed E-state index contributed by atoms with van der Waals surface area (Å²) in [6, 6.07) is 7.53. The van der Waals surface area contributed by atoms with Crippen LogP contribution >= 0.6 is 0 Å². The second-order valence-electron chi connectivity index (χ2n) is 4.03. The number of rotatable bonds is 2. The molecule has 13 heavy (non-hydrogen) atoms. The summed E-state index contributed by atoms with van der Waals surface area (Å²) < 4.78 is 16.7. The van der Waals surface area contributed by atoms with Gasteiger partial charge in [-0.2, -0.15) is 0 Å². The highest BCUT2D eigenvalue weighted by Crippen LogP contribution is 2.25. The monoisotopic (exact) mass is 182 g/mol. The van der Waals surface area contributed by atoms with Crippen molar-refractivity contribution in [3.63, 3.8) is 0 Å². The molecule has 1 aromatic carbocycles. The van der Waals surface area contributed by atoms with Crippen LogP contribution in [0.2, 0.25) is 0 Å². The predicted octanol–water partition coefficient (Wildman–Crippen LogP) is 3.29. The first-order valence-corrected chi connectivity index (χ1v) is 4.33. The average molecular weight is 182 g/mol. The Bertz CT molecular complexity index is 276. The van der Waals surface area contributed by atoms with E-state index in [0.29, 0.717) is 5.75 Å². The van der Waals surface area contributed by atoms with Gasteiger partial charge in [-0.3, -0.25) is 0 Å². The van der Waals surface area contributed by atoms with Gasteiger partial charge in [0.1, 0.15) is 5.75 Å². The van der Waals surface area contributed by atoms with Crippen molar-refractivity contribution in [1.82, 2.24) is 0 Å². The highest BCUT2D eigenvalue weighted by Gasteiger charge is 2.13. The zero-order valence-electron chi connectivity index (χ0n) is 8.30. The quantitative estimate of drug-likeness (QED) is 0.682. The van der Waals surface area contributed by atoms with Gasteiger partial charge in [-0.15, -0.1) is 0 Å². The van der Waals surface area contributed by atoms with Crippen LogP contribution in [0, 0.1) is 0 Å². The smallest absolute Gasteiger partial charge is 0.228 e. The molecule has 0 aliphatic heterocycles. The second kappa shape index (κ2) is 3.77. The maximum atomic E-state index is 11.9. The summed E-state index contributed by atoms with van der Waals surface area (Å²) in [5.74, 6) is 0.593. The number of halogens is 1. The van der Waals surface area contributed by atoms with Gasteiger partial charge >= 0.3 is 0 Å². The Kier molecular flexibility index (Phi) is 2.91. The average Bonchev–Trinajstić information content (AvgIpc) is 2.04. The van der Waals surface area contributed by atoms with E-state index in [0.717, 1.165) is 5.56 Å². The van der Waals surface area contributed by atoms with Crippen LogP contribution in [0.25, 0.3) is 0 Å². The van der Waals surface area contributed by atoms with E-state index < -0.39 is 6.86 Å². The minimum atomic E-state index is -0.770. The lowest BCUT2D eigenvalue weighted by atomic mass is 9.87. The zero-order valence-corrected chi connectivity index (χ0v) is 8.30. The maximum absolute atomic E-state index is 11.9. The van der Waals surface area contributed by atoms with Gasteiger partial charge in [-0.1, -0.05) is 32.9 Å². The first kappa shape index (κ1) is 10.0. The van der Waals surface area contributed by atoms with E-state index in [4.69, 9.17) is 4.74 Å². The predicted molar refractivity (Wildman–Crippen MR) is 51.7 cm³/mol.